The Kier molecular flexibility index (Phi) is 2.62. The van der Waals surface area contributed by atoms with Crippen molar-refractivity contribution in [3.05, 3.63) is 27.3 Å². The Morgan fingerprint density at radius 2 is 1.69 bits per heavy atom. The molecule has 1 aromatic carbocycles. The van der Waals surface area contributed by atoms with Gasteiger partial charge in [0.15, 0.2) is 6.29 Å². The summed E-state index contributed by atoms with van der Waals surface area (Å²) in [6.45, 7) is 5.25. The second-order valence-electron chi connectivity index (χ2n) is 3.07. The molecule has 0 aliphatic carbocycles. The first-order valence-corrected chi connectivity index (χ1v) is 4.31. The number of aldehydes is 1. The van der Waals surface area contributed by atoms with E-state index in [4.69, 9.17) is 11.6 Å². The van der Waals surface area contributed by atoms with E-state index in [0.717, 1.165) is 11.8 Å². The fourth-order valence-corrected chi connectivity index (χ4v) is 1.54. The molecule has 2 nitrogen and oxygen atoms in total. The summed E-state index contributed by atoms with van der Waals surface area (Å²) in [5, 5.41) is 9.81. The van der Waals surface area contributed by atoms with Crippen molar-refractivity contribution in [2.24, 2.45) is 0 Å². The van der Waals surface area contributed by atoms with Crippen molar-refractivity contribution in [1.82, 2.24) is 0 Å². The van der Waals surface area contributed by atoms with Gasteiger partial charge in [-0.1, -0.05) is 11.6 Å². The maximum absolute atomic E-state index is 10.7. The van der Waals surface area contributed by atoms with Crippen molar-refractivity contribution >= 4 is 17.9 Å². The van der Waals surface area contributed by atoms with E-state index in [1.807, 2.05) is 0 Å². The van der Waals surface area contributed by atoms with Gasteiger partial charge >= 0.3 is 0 Å². The second kappa shape index (κ2) is 3.38. The zero-order valence-electron chi connectivity index (χ0n) is 7.81. The summed E-state index contributed by atoms with van der Waals surface area (Å²) in [5.41, 5.74) is 2.66. The van der Waals surface area contributed by atoms with Crippen LogP contribution in [0.4, 0.5) is 0 Å². The number of hydrogen-bond donors (Lipinski definition) is 1. The van der Waals surface area contributed by atoms with E-state index in [0.29, 0.717) is 16.7 Å². The molecule has 0 unspecified atom stereocenters. The lowest BCUT2D eigenvalue weighted by atomic mass is 9.98. The highest BCUT2D eigenvalue weighted by molar-refractivity contribution is 6.33. The van der Waals surface area contributed by atoms with E-state index < -0.39 is 0 Å². The molecule has 0 amide bonds. The van der Waals surface area contributed by atoms with Crippen LogP contribution in [-0.2, 0) is 0 Å². The van der Waals surface area contributed by atoms with Crippen LogP contribution >= 0.6 is 11.6 Å². The van der Waals surface area contributed by atoms with E-state index in [2.05, 4.69) is 0 Å². The molecular formula is C10H11ClO2. The molecule has 0 radical (unpaired) electrons. The zero-order chi connectivity index (χ0) is 10.2. The van der Waals surface area contributed by atoms with Gasteiger partial charge in [-0.15, -0.1) is 0 Å². The lowest BCUT2D eigenvalue weighted by Gasteiger charge is -2.11. The molecule has 0 saturated heterocycles. The third-order valence-electron chi connectivity index (χ3n) is 2.38. The highest BCUT2D eigenvalue weighted by Gasteiger charge is 2.14. The summed E-state index contributed by atoms with van der Waals surface area (Å²) < 4.78 is 0. The molecular weight excluding hydrogens is 188 g/mol. The summed E-state index contributed by atoms with van der Waals surface area (Å²) in [6, 6.07) is 0. The Labute approximate surface area is 82.2 Å². The summed E-state index contributed by atoms with van der Waals surface area (Å²) >= 11 is 5.83. The Hall–Kier alpha value is -1.02. The Morgan fingerprint density at radius 3 is 2.15 bits per heavy atom. The number of aromatic hydroxyl groups is 1. The average Bonchev–Trinajstić information content (AvgIpc) is 2.13. The molecule has 0 aliphatic rings. The fraction of sp³-hybridized carbons (Fsp3) is 0.300. The van der Waals surface area contributed by atoms with Gasteiger partial charge in [0, 0.05) is 5.56 Å². The van der Waals surface area contributed by atoms with Crippen molar-refractivity contribution < 1.29 is 9.90 Å². The van der Waals surface area contributed by atoms with Crippen molar-refractivity contribution in [1.29, 1.82) is 0 Å². The first-order valence-electron chi connectivity index (χ1n) is 3.94. The van der Waals surface area contributed by atoms with Crippen molar-refractivity contribution in [3.8, 4) is 5.75 Å². The summed E-state index contributed by atoms with van der Waals surface area (Å²) in [7, 11) is 0. The van der Waals surface area contributed by atoms with E-state index in [-0.39, 0.29) is 10.8 Å². The molecule has 0 aliphatic heterocycles. The topological polar surface area (TPSA) is 37.3 Å². The van der Waals surface area contributed by atoms with Crippen molar-refractivity contribution in [3.63, 3.8) is 0 Å². The predicted molar refractivity (Wildman–Crippen MR) is 52.7 cm³/mol. The summed E-state index contributed by atoms with van der Waals surface area (Å²) in [6.07, 6.45) is 0.767. The molecule has 0 heterocycles. The minimum Gasteiger partial charge on any atom is -0.506 e. The summed E-state index contributed by atoms with van der Waals surface area (Å²) in [5.74, 6) is 0.0715. The van der Waals surface area contributed by atoms with E-state index >= 15 is 0 Å². The average molecular weight is 199 g/mol. The van der Waals surface area contributed by atoms with Gasteiger partial charge in [0.2, 0.25) is 0 Å². The van der Waals surface area contributed by atoms with Crippen LogP contribution in [0, 0.1) is 20.8 Å². The number of carbonyl (C=O) groups excluding carboxylic acids is 1. The molecule has 0 aromatic heterocycles. The van der Waals surface area contributed by atoms with Crippen LogP contribution in [0.2, 0.25) is 5.02 Å². The molecule has 13 heavy (non-hydrogen) atoms. The molecule has 1 rings (SSSR count). The first-order chi connectivity index (χ1) is 6.00. The number of carbonyl (C=O) groups is 1. The lowest BCUT2D eigenvalue weighted by molar-refractivity contribution is 0.112. The van der Waals surface area contributed by atoms with Gasteiger partial charge in [-0.05, 0) is 37.5 Å². The van der Waals surface area contributed by atoms with Gasteiger partial charge in [-0.2, -0.15) is 0 Å². The number of phenols is 1. The summed E-state index contributed by atoms with van der Waals surface area (Å²) in [4.78, 5) is 10.7. The van der Waals surface area contributed by atoms with E-state index in [1.54, 1.807) is 20.8 Å². The Bertz CT molecular complexity index is 341. The standard InChI is InChI=1S/C10H11ClO2/c1-5-6(2)10(13)9(11)7(3)8(5)4-12/h4,13H,1-3H3. The van der Waals surface area contributed by atoms with Crippen LogP contribution in [0.1, 0.15) is 27.0 Å². The molecule has 0 fully saturated rings. The van der Waals surface area contributed by atoms with Gasteiger partial charge in [-0.3, -0.25) is 4.79 Å². The number of phenolic OH excluding ortho intramolecular Hbond substituents is 1. The van der Waals surface area contributed by atoms with E-state index in [9.17, 15) is 9.90 Å². The number of hydrogen-bond acceptors (Lipinski definition) is 2. The monoisotopic (exact) mass is 198 g/mol. The quantitative estimate of drug-likeness (QED) is 0.705. The van der Waals surface area contributed by atoms with Crippen LogP contribution in [0.3, 0.4) is 0 Å². The highest BCUT2D eigenvalue weighted by Crippen LogP contribution is 2.34. The molecule has 0 saturated carbocycles. The van der Waals surface area contributed by atoms with Crippen molar-refractivity contribution in [2.45, 2.75) is 20.8 Å². The molecule has 1 N–H and O–H groups in total. The first kappa shape index (κ1) is 10.1. The normalized spacial score (nSPS) is 10.2. The molecule has 70 valence electrons. The van der Waals surface area contributed by atoms with Gasteiger partial charge in [-0.25, -0.2) is 0 Å². The minimum atomic E-state index is 0.0715. The van der Waals surface area contributed by atoms with Gasteiger partial charge in [0.1, 0.15) is 5.75 Å². The van der Waals surface area contributed by atoms with Crippen LogP contribution < -0.4 is 0 Å². The maximum Gasteiger partial charge on any atom is 0.150 e. The predicted octanol–water partition coefficient (Wildman–Crippen LogP) is 2.78. The molecule has 3 heteroatoms. The number of halogens is 1. The Morgan fingerprint density at radius 1 is 1.15 bits per heavy atom. The smallest absolute Gasteiger partial charge is 0.150 e. The molecule has 0 atom stereocenters. The van der Waals surface area contributed by atoms with Gasteiger partial charge < -0.3 is 5.11 Å². The van der Waals surface area contributed by atoms with Crippen LogP contribution in [0.15, 0.2) is 0 Å². The van der Waals surface area contributed by atoms with Crippen molar-refractivity contribution in [2.75, 3.05) is 0 Å². The fourth-order valence-electron chi connectivity index (χ4n) is 1.30. The van der Waals surface area contributed by atoms with Gasteiger partial charge in [0.05, 0.1) is 5.02 Å². The molecule has 0 bridgehead atoms. The largest absolute Gasteiger partial charge is 0.506 e. The third kappa shape index (κ3) is 1.42. The zero-order valence-corrected chi connectivity index (χ0v) is 8.57. The van der Waals surface area contributed by atoms with Crippen LogP contribution in [0.25, 0.3) is 0 Å². The van der Waals surface area contributed by atoms with Gasteiger partial charge in [0.25, 0.3) is 0 Å². The Balaban J connectivity index is 3.66. The maximum atomic E-state index is 10.7. The van der Waals surface area contributed by atoms with E-state index in [1.165, 1.54) is 0 Å². The second-order valence-corrected chi connectivity index (χ2v) is 3.45. The number of rotatable bonds is 1. The highest BCUT2D eigenvalue weighted by atomic mass is 35.5. The number of benzene rings is 1. The minimum absolute atomic E-state index is 0.0715. The van der Waals surface area contributed by atoms with Crippen LogP contribution in [-0.4, -0.2) is 11.4 Å². The third-order valence-corrected chi connectivity index (χ3v) is 2.84. The van der Waals surface area contributed by atoms with Crippen LogP contribution in [0.5, 0.6) is 5.75 Å². The molecule has 0 spiro atoms. The SMILES string of the molecule is Cc1c(C)c(C=O)c(C)c(Cl)c1O. The lowest BCUT2D eigenvalue weighted by Crippen LogP contribution is -1.96. The molecule has 1 aromatic rings.